The molecule has 2 aromatic heterocycles. The molecule has 0 unspecified atom stereocenters. The van der Waals surface area contributed by atoms with E-state index in [0.29, 0.717) is 29.3 Å². The van der Waals surface area contributed by atoms with Crippen LogP contribution in [0.5, 0.6) is 0 Å². The number of benzene rings is 3. The first-order chi connectivity index (χ1) is 21.1. The first-order valence-electron chi connectivity index (χ1n) is 14.0. The Morgan fingerprint density at radius 2 is 1.65 bits per heavy atom. The van der Waals surface area contributed by atoms with E-state index in [0.717, 1.165) is 32.5 Å². The molecule has 0 spiro atoms. The number of aromatic nitrogens is 3. The van der Waals surface area contributed by atoms with Crippen molar-refractivity contribution < 1.29 is 24.1 Å². The second-order valence-electron chi connectivity index (χ2n) is 10.2. The van der Waals surface area contributed by atoms with Gasteiger partial charge in [-0.1, -0.05) is 72.4 Å². The van der Waals surface area contributed by atoms with E-state index in [1.165, 1.54) is 24.2 Å². The zero-order chi connectivity index (χ0) is 29.6. The maximum absolute atomic E-state index is 12.7. The zero-order valence-electron chi connectivity index (χ0n) is 23.2. The number of rotatable bonds is 9. The summed E-state index contributed by atoms with van der Waals surface area (Å²) in [6.45, 7) is 0.302. The van der Waals surface area contributed by atoms with Crippen molar-refractivity contribution in [3.63, 3.8) is 0 Å². The minimum absolute atomic E-state index is 0.0223. The minimum atomic E-state index is -0.617. The molecule has 10 heteroatoms. The van der Waals surface area contributed by atoms with E-state index in [2.05, 4.69) is 15.3 Å². The number of hydrogen-bond donors (Lipinski definition) is 2. The van der Waals surface area contributed by atoms with Gasteiger partial charge in [-0.2, -0.15) is 4.73 Å². The molecule has 0 aliphatic carbocycles. The van der Waals surface area contributed by atoms with Gasteiger partial charge in [0.05, 0.1) is 36.0 Å². The van der Waals surface area contributed by atoms with Crippen LogP contribution in [0, 0.1) is 5.21 Å². The quantitative estimate of drug-likeness (QED) is 0.139. The molecule has 218 valence electrons. The third-order valence-corrected chi connectivity index (χ3v) is 8.36. The SMILES string of the molecule is O=C(NCc1ccc([C@@H]2O[C@H](CSc3cccc[n+]3[O-])C[C@H](c3ccc(CO)cc3)O2)cc1)c1cnc2ccccc2n1. The Bertz CT molecular complexity index is 1700. The average Bonchev–Trinajstić information content (AvgIpc) is 3.06. The number of aliphatic hydroxyl groups is 1. The van der Waals surface area contributed by atoms with E-state index in [4.69, 9.17) is 9.47 Å². The van der Waals surface area contributed by atoms with E-state index < -0.39 is 6.29 Å². The van der Waals surface area contributed by atoms with Gasteiger partial charge < -0.3 is 25.1 Å². The van der Waals surface area contributed by atoms with Gasteiger partial charge in [0.15, 0.2) is 12.5 Å². The van der Waals surface area contributed by atoms with Crippen LogP contribution in [0.2, 0.25) is 0 Å². The van der Waals surface area contributed by atoms with E-state index >= 15 is 0 Å². The molecule has 1 amide bonds. The Balaban J connectivity index is 1.13. The van der Waals surface area contributed by atoms with E-state index in [1.807, 2.05) is 78.9 Å². The van der Waals surface area contributed by atoms with Crippen molar-refractivity contribution >= 4 is 28.7 Å². The highest BCUT2D eigenvalue weighted by molar-refractivity contribution is 7.99. The summed E-state index contributed by atoms with van der Waals surface area (Å²) in [5.41, 5.74) is 5.26. The predicted octanol–water partition coefficient (Wildman–Crippen LogP) is 5.02. The van der Waals surface area contributed by atoms with E-state index in [-0.39, 0.29) is 30.4 Å². The van der Waals surface area contributed by atoms with Crippen molar-refractivity contribution in [2.45, 2.75) is 43.1 Å². The molecule has 1 fully saturated rings. The number of amides is 1. The molecule has 6 rings (SSSR count). The molecular weight excluding hydrogens is 564 g/mol. The van der Waals surface area contributed by atoms with E-state index in [9.17, 15) is 15.1 Å². The van der Waals surface area contributed by atoms with Gasteiger partial charge in [-0.15, -0.1) is 0 Å². The summed E-state index contributed by atoms with van der Waals surface area (Å²) in [7, 11) is 0. The maximum Gasteiger partial charge on any atom is 0.271 e. The monoisotopic (exact) mass is 594 g/mol. The molecule has 2 N–H and O–H groups in total. The summed E-state index contributed by atoms with van der Waals surface area (Å²) < 4.78 is 13.7. The number of carbonyl (C=O) groups is 1. The van der Waals surface area contributed by atoms with Crippen molar-refractivity contribution in [2.24, 2.45) is 0 Å². The fourth-order valence-corrected chi connectivity index (χ4v) is 5.79. The maximum atomic E-state index is 12.7. The van der Waals surface area contributed by atoms with Crippen molar-refractivity contribution in [3.05, 3.63) is 137 Å². The van der Waals surface area contributed by atoms with Crippen LogP contribution in [0.25, 0.3) is 11.0 Å². The Morgan fingerprint density at radius 1 is 0.930 bits per heavy atom. The summed E-state index contributed by atoms with van der Waals surface area (Å²) in [5.74, 6) is 0.286. The Labute approximate surface area is 253 Å². The fraction of sp³-hybridized carbons (Fsp3) is 0.212. The first kappa shape index (κ1) is 28.8. The lowest BCUT2D eigenvalue weighted by molar-refractivity contribution is -0.645. The number of pyridine rings is 1. The molecular formula is C33H30N4O5S. The summed E-state index contributed by atoms with van der Waals surface area (Å²) in [6.07, 6.45) is 2.57. The molecule has 0 radical (unpaired) electrons. The number of thioether (sulfide) groups is 1. The summed E-state index contributed by atoms with van der Waals surface area (Å²) >= 11 is 1.45. The van der Waals surface area contributed by atoms with Gasteiger partial charge in [-0.25, -0.2) is 4.98 Å². The normalized spacial score (nSPS) is 18.4. The van der Waals surface area contributed by atoms with Gasteiger partial charge in [-0.05, 0) is 34.9 Å². The lowest BCUT2D eigenvalue weighted by atomic mass is 10.0. The summed E-state index contributed by atoms with van der Waals surface area (Å²) in [5, 5.41) is 25.1. The van der Waals surface area contributed by atoms with Crippen LogP contribution in [0.4, 0.5) is 0 Å². The van der Waals surface area contributed by atoms with Gasteiger partial charge in [0, 0.05) is 36.4 Å². The second-order valence-corrected chi connectivity index (χ2v) is 11.2. The Kier molecular flexibility index (Phi) is 8.90. The van der Waals surface area contributed by atoms with Gasteiger partial charge in [0.2, 0.25) is 0 Å². The molecule has 9 nitrogen and oxygen atoms in total. The van der Waals surface area contributed by atoms with Crippen LogP contribution in [0.15, 0.2) is 108 Å². The van der Waals surface area contributed by atoms with Crippen LogP contribution < -0.4 is 10.0 Å². The largest absolute Gasteiger partial charge is 0.618 e. The van der Waals surface area contributed by atoms with Gasteiger partial charge in [0.1, 0.15) is 5.69 Å². The van der Waals surface area contributed by atoms with Crippen molar-refractivity contribution in [1.82, 2.24) is 15.3 Å². The molecule has 3 heterocycles. The van der Waals surface area contributed by atoms with Crippen molar-refractivity contribution in [2.75, 3.05) is 5.75 Å². The Morgan fingerprint density at radius 3 is 2.42 bits per heavy atom. The number of fused-ring (bicyclic) bond motifs is 1. The van der Waals surface area contributed by atoms with Crippen LogP contribution in [0.3, 0.4) is 0 Å². The van der Waals surface area contributed by atoms with E-state index in [1.54, 1.807) is 12.1 Å². The van der Waals surface area contributed by atoms with Gasteiger partial charge in [-0.3, -0.25) is 9.78 Å². The molecule has 1 saturated heterocycles. The third kappa shape index (κ3) is 7.00. The number of nitrogens with zero attached hydrogens (tertiary/aromatic N) is 3. The predicted molar refractivity (Wildman–Crippen MR) is 162 cm³/mol. The summed E-state index contributed by atoms with van der Waals surface area (Å²) in [4.78, 5) is 21.4. The van der Waals surface area contributed by atoms with Crippen molar-refractivity contribution in [1.29, 1.82) is 0 Å². The number of ether oxygens (including phenoxy) is 2. The third-order valence-electron chi connectivity index (χ3n) is 7.21. The number of nitrogens with one attached hydrogen (secondary N) is 1. The molecule has 0 bridgehead atoms. The molecule has 3 atom stereocenters. The van der Waals surface area contributed by atoms with Crippen LogP contribution in [-0.4, -0.2) is 32.8 Å². The molecule has 0 saturated carbocycles. The second kappa shape index (κ2) is 13.3. The Hall–Kier alpha value is -4.35. The fourth-order valence-electron chi connectivity index (χ4n) is 4.86. The highest BCUT2D eigenvalue weighted by atomic mass is 32.2. The number of para-hydroxylation sites is 2. The average molecular weight is 595 g/mol. The highest BCUT2D eigenvalue weighted by Crippen LogP contribution is 2.39. The standard InChI is InChI=1S/C33H30N4O5S/c38-20-23-10-12-24(13-11-23)30-17-26(21-43-31-7-3-4-16-37(31)40)41-33(42-30)25-14-8-22(9-15-25)18-35-32(39)29-19-34-27-5-1-2-6-28(27)36-29/h1-16,19,26,30,33,38H,17-18,20-21H2,(H,35,39)/t26-,30+,33+/m0/s1. The topological polar surface area (TPSA) is 121 Å². The molecule has 43 heavy (non-hydrogen) atoms. The molecule has 1 aliphatic rings. The minimum Gasteiger partial charge on any atom is -0.618 e. The zero-order valence-corrected chi connectivity index (χ0v) is 24.0. The first-order valence-corrected chi connectivity index (χ1v) is 14.9. The molecule has 3 aromatic carbocycles. The highest BCUT2D eigenvalue weighted by Gasteiger charge is 2.32. The van der Waals surface area contributed by atoms with Gasteiger partial charge >= 0.3 is 0 Å². The number of carbonyl (C=O) groups excluding carboxylic acids is 1. The smallest absolute Gasteiger partial charge is 0.271 e. The molecule has 1 aliphatic heterocycles. The van der Waals surface area contributed by atoms with Crippen LogP contribution in [0.1, 0.15) is 51.6 Å². The molecule has 5 aromatic rings. The number of hydrogen-bond acceptors (Lipinski definition) is 8. The van der Waals surface area contributed by atoms with Crippen LogP contribution in [-0.2, 0) is 22.6 Å². The summed E-state index contributed by atoms with van der Waals surface area (Å²) in [6, 6.07) is 28.2. The lowest BCUT2D eigenvalue weighted by Crippen LogP contribution is -2.32. The van der Waals surface area contributed by atoms with Gasteiger partial charge in [0.25, 0.3) is 10.9 Å². The van der Waals surface area contributed by atoms with Crippen molar-refractivity contribution in [3.8, 4) is 0 Å². The van der Waals surface area contributed by atoms with Crippen LogP contribution >= 0.6 is 11.8 Å². The lowest BCUT2D eigenvalue weighted by Gasteiger charge is -2.36. The number of aliphatic hydroxyl groups excluding tert-OH is 1.